The van der Waals surface area contributed by atoms with Crippen LogP contribution in [0.3, 0.4) is 0 Å². The van der Waals surface area contributed by atoms with Gasteiger partial charge in [0, 0.05) is 37.6 Å². The minimum Gasteiger partial charge on any atom is -0.392 e. The molecule has 1 fully saturated rings. The summed E-state index contributed by atoms with van der Waals surface area (Å²) in [6.07, 6.45) is 11.0. The lowest BCUT2D eigenvalue weighted by Gasteiger charge is -2.26. The molecule has 34 heavy (non-hydrogen) atoms. The first-order valence-electron chi connectivity index (χ1n) is 11.7. The molecule has 0 aromatic carbocycles. The molecular formula is C24H31N7O3. The number of nitrogens with zero attached hydrogens (tertiary/aromatic N) is 5. The lowest BCUT2D eigenvalue weighted by atomic mass is 9.91. The summed E-state index contributed by atoms with van der Waals surface area (Å²) in [6.45, 7) is -0.124. The Morgan fingerprint density at radius 3 is 2.44 bits per heavy atom. The zero-order valence-corrected chi connectivity index (χ0v) is 19.6. The number of aryl methyl sites for hydroxylation is 2. The molecule has 3 aromatic heterocycles. The molecule has 1 aliphatic rings. The van der Waals surface area contributed by atoms with Crippen LogP contribution in [0.4, 0.5) is 5.82 Å². The molecule has 0 unspecified atom stereocenters. The van der Waals surface area contributed by atoms with Gasteiger partial charge in [-0.3, -0.25) is 19.0 Å². The number of carbonyl (C=O) groups is 2. The van der Waals surface area contributed by atoms with Crippen molar-refractivity contribution >= 4 is 17.6 Å². The van der Waals surface area contributed by atoms with Gasteiger partial charge < -0.3 is 15.7 Å². The van der Waals surface area contributed by atoms with Crippen LogP contribution in [-0.2, 0) is 25.5 Å². The highest BCUT2D eigenvalue weighted by Gasteiger charge is 2.31. The average molecular weight is 466 g/mol. The lowest BCUT2D eigenvalue weighted by Crippen LogP contribution is -2.49. The molecule has 3 aromatic rings. The molecule has 0 spiro atoms. The first kappa shape index (κ1) is 23.6. The number of carbonyl (C=O) groups excluding carboxylic acids is 2. The smallest absolute Gasteiger partial charge is 0.270 e. The van der Waals surface area contributed by atoms with Gasteiger partial charge in [0.1, 0.15) is 17.6 Å². The van der Waals surface area contributed by atoms with Crippen molar-refractivity contribution in [3.05, 3.63) is 48.0 Å². The van der Waals surface area contributed by atoms with E-state index in [-0.39, 0.29) is 24.3 Å². The molecule has 0 bridgehead atoms. The van der Waals surface area contributed by atoms with Crippen molar-refractivity contribution in [1.29, 1.82) is 0 Å². The first-order chi connectivity index (χ1) is 16.5. The van der Waals surface area contributed by atoms with Gasteiger partial charge in [0.25, 0.3) is 5.91 Å². The summed E-state index contributed by atoms with van der Waals surface area (Å²) in [5.41, 5.74) is 2.66. The van der Waals surface area contributed by atoms with Crippen LogP contribution in [0.5, 0.6) is 0 Å². The second kappa shape index (κ2) is 10.6. The highest BCUT2D eigenvalue weighted by atomic mass is 16.3. The number of hydrogen-bond donors (Lipinski definition) is 3. The summed E-state index contributed by atoms with van der Waals surface area (Å²) in [7, 11) is 3.50. The summed E-state index contributed by atoms with van der Waals surface area (Å²) in [6, 6.07) is 4.51. The minimum absolute atomic E-state index is 0.0560. The summed E-state index contributed by atoms with van der Waals surface area (Å²) < 4.78 is 3.17. The number of amides is 2. The van der Waals surface area contributed by atoms with Gasteiger partial charge in [-0.05, 0) is 37.0 Å². The van der Waals surface area contributed by atoms with Crippen LogP contribution in [0.2, 0.25) is 0 Å². The van der Waals surface area contributed by atoms with Crippen LogP contribution < -0.4 is 10.6 Å². The zero-order valence-electron chi connectivity index (χ0n) is 19.6. The summed E-state index contributed by atoms with van der Waals surface area (Å²) in [5.74, 6) is -0.143. The highest BCUT2D eigenvalue weighted by Crippen LogP contribution is 2.27. The second-order valence-electron chi connectivity index (χ2n) is 8.76. The molecule has 10 heteroatoms. The number of rotatable bonds is 7. The Balaban J connectivity index is 1.52. The van der Waals surface area contributed by atoms with Crippen LogP contribution in [0, 0.1) is 5.92 Å². The Hall–Kier alpha value is -3.53. The van der Waals surface area contributed by atoms with Gasteiger partial charge in [0.15, 0.2) is 0 Å². The van der Waals surface area contributed by atoms with Crippen molar-refractivity contribution in [2.24, 2.45) is 20.0 Å². The summed E-state index contributed by atoms with van der Waals surface area (Å²) in [4.78, 5) is 30.6. The number of pyridine rings is 1. The van der Waals surface area contributed by atoms with Crippen LogP contribution >= 0.6 is 0 Å². The van der Waals surface area contributed by atoms with E-state index < -0.39 is 6.04 Å². The van der Waals surface area contributed by atoms with Crippen molar-refractivity contribution in [2.75, 3.05) is 5.32 Å². The van der Waals surface area contributed by atoms with E-state index >= 15 is 0 Å². The van der Waals surface area contributed by atoms with Crippen molar-refractivity contribution in [3.63, 3.8) is 0 Å². The van der Waals surface area contributed by atoms with Gasteiger partial charge >= 0.3 is 0 Å². The van der Waals surface area contributed by atoms with Gasteiger partial charge in [0.05, 0.1) is 18.5 Å². The SMILES string of the molecule is Cn1nccc1C(=O)N[C@H](C(=O)Nc1ccc(-c2c(CO)cnn2C)cn1)C1CCCCCC1. The topological polar surface area (TPSA) is 127 Å². The van der Waals surface area contributed by atoms with Gasteiger partial charge in [-0.25, -0.2) is 4.98 Å². The van der Waals surface area contributed by atoms with Gasteiger partial charge in [-0.2, -0.15) is 10.2 Å². The molecular weight excluding hydrogens is 434 g/mol. The fourth-order valence-corrected chi connectivity index (χ4v) is 4.64. The normalized spacial score (nSPS) is 15.5. The molecule has 0 radical (unpaired) electrons. The second-order valence-corrected chi connectivity index (χ2v) is 8.76. The molecule has 180 valence electrons. The van der Waals surface area contributed by atoms with E-state index in [1.54, 1.807) is 49.5 Å². The van der Waals surface area contributed by atoms with Gasteiger partial charge in [0.2, 0.25) is 5.91 Å². The van der Waals surface area contributed by atoms with E-state index in [0.29, 0.717) is 17.1 Å². The summed E-state index contributed by atoms with van der Waals surface area (Å²) in [5, 5.41) is 23.6. The first-order valence-corrected chi connectivity index (χ1v) is 11.7. The average Bonchev–Trinajstić information content (AvgIpc) is 3.32. The predicted molar refractivity (Wildman–Crippen MR) is 127 cm³/mol. The number of aromatic nitrogens is 5. The van der Waals surface area contributed by atoms with Crippen LogP contribution in [0.25, 0.3) is 11.3 Å². The predicted octanol–water partition coefficient (Wildman–Crippen LogP) is 2.42. The quantitative estimate of drug-likeness (QED) is 0.460. The number of aliphatic hydroxyl groups is 1. The number of hydrogen-bond acceptors (Lipinski definition) is 6. The van der Waals surface area contributed by atoms with Crippen molar-refractivity contribution in [3.8, 4) is 11.3 Å². The maximum atomic E-state index is 13.3. The van der Waals surface area contributed by atoms with E-state index in [1.165, 1.54) is 4.68 Å². The maximum Gasteiger partial charge on any atom is 0.270 e. The number of nitrogens with one attached hydrogen (secondary N) is 2. The van der Waals surface area contributed by atoms with E-state index in [2.05, 4.69) is 25.8 Å². The monoisotopic (exact) mass is 465 g/mol. The number of aliphatic hydroxyl groups excluding tert-OH is 1. The molecule has 0 aliphatic heterocycles. The fourth-order valence-electron chi connectivity index (χ4n) is 4.64. The van der Waals surface area contributed by atoms with Crippen molar-refractivity contribution in [2.45, 2.75) is 51.2 Å². The molecule has 3 N–H and O–H groups in total. The Morgan fingerprint density at radius 2 is 1.82 bits per heavy atom. The van der Waals surface area contributed by atoms with Crippen molar-refractivity contribution < 1.29 is 14.7 Å². The fraction of sp³-hybridized carbons (Fsp3) is 0.458. The Labute approximate surface area is 198 Å². The van der Waals surface area contributed by atoms with E-state index in [0.717, 1.165) is 49.8 Å². The third kappa shape index (κ3) is 5.17. The zero-order chi connectivity index (χ0) is 24.1. The molecule has 3 heterocycles. The standard InChI is InChI=1S/C24H31N7O3/c1-30-19(11-12-26-30)23(33)29-21(16-7-5-3-4-6-8-16)24(34)28-20-10-9-17(13-25-20)22-18(15-32)14-27-31(22)2/h9-14,16,21,32H,3-8,15H2,1-2H3,(H,29,33)(H,25,28,34)/t21-/m0/s1. The van der Waals surface area contributed by atoms with E-state index in [4.69, 9.17) is 0 Å². The van der Waals surface area contributed by atoms with E-state index in [9.17, 15) is 14.7 Å². The van der Waals surface area contributed by atoms with Crippen molar-refractivity contribution in [1.82, 2.24) is 29.9 Å². The number of anilines is 1. The maximum absolute atomic E-state index is 13.3. The summed E-state index contributed by atoms with van der Waals surface area (Å²) >= 11 is 0. The third-order valence-corrected chi connectivity index (χ3v) is 6.47. The Bertz CT molecular complexity index is 1130. The van der Waals surface area contributed by atoms with Gasteiger partial charge in [-0.15, -0.1) is 0 Å². The third-order valence-electron chi connectivity index (χ3n) is 6.47. The van der Waals surface area contributed by atoms with Crippen LogP contribution in [0.15, 0.2) is 36.8 Å². The molecule has 1 atom stereocenters. The van der Waals surface area contributed by atoms with Crippen LogP contribution in [0.1, 0.15) is 54.6 Å². The largest absolute Gasteiger partial charge is 0.392 e. The highest BCUT2D eigenvalue weighted by molar-refractivity contribution is 6.00. The van der Waals surface area contributed by atoms with E-state index in [1.807, 2.05) is 6.07 Å². The molecule has 10 nitrogen and oxygen atoms in total. The molecule has 1 aliphatic carbocycles. The molecule has 1 saturated carbocycles. The minimum atomic E-state index is -0.667. The van der Waals surface area contributed by atoms with Crippen LogP contribution in [-0.4, -0.2) is 47.5 Å². The lowest BCUT2D eigenvalue weighted by molar-refractivity contribution is -0.119. The molecule has 2 amide bonds. The molecule has 0 saturated heterocycles. The molecule has 4 rings (SSSR count). The Morgan fingerprint density at radius 1 is 1.06 bits per heavy atom. The van der Waals surface area contributed by atoms with Gasteiger partial charge in [-0.1, -0.05) is 25.7 Å². The Kier molecular flexibility index (Phi) is 7.36.